The van der Waals surface area contributed by atoms with Gasteiger partial charge in [0.15, 0.2) is 0 Å². The molecule has 3 fully saturated rings. The van der Waals surface area contributed by atoms with Gasteiger partial charge in [-0.15, -0.1) is 0 Å². The minimum absolute atomic E-state index is 0.0263. The second-order valence-corrected chi connectivity index (χ2v) is 14.5. The maximum absolute atomic E-state index is 14.5. The number of alkyl halides is 3. The summed E-state index contributed by atoms with van der Waals surface area (Å²) in [7, 11) is 0. The lowest BCUT2D eigenvalue weighted by molar-refractivity contribution is -0.164. The van der Waals surface area contributed by atoms with E-state index in [0.717, 1.165) is 36.2 Å². The number of nitrogens with zero attached hydrogens (tertiary/aromatic N) is 4. The van der Waals surface area contributed by atoms with E-state index in [1.54, 1.807) is 17.1 Å². The summed E-state index contributed by atoms with van der Waals surface area (Å²) in [5.41, 5.74) is 2.15. The van der Waals surface area contributed by atoms with Crippen molar-refractivity contribution in [1.29, 1.82) is 0 Å². The molecule has 4 amide bonds. The third-order valence-corrected chi connectivity index (χ3v) is 10.8. The lowest BCUT2D eigenvalue weighted by Crippen LogP contribution is -2.74. The SMILES string of the molecule is O=C(NCc1cccc(C(F)(F)F)c1)[C@H](CC(=O)N1CCN(CCc2ccccc2)CC1)N1C(=O)[C@@H](N2C(=O)OC[C@H]2c2ccccc2)[C@H]1/C=C/c1ccccc1. The number of amides is 4. The number of hydrogen-bond donors (Lipinski definition) is 1. The average molecular weight is 780 g/mol. The van der Waals surface area contributed by atoms with E-state index >= 15 is 0 Å². The molecule has 3 saturated heterocycles. The molecule has 0 aliphatic carbocycles. The van der Waals surface area contributed by atoms with Crippen LogP contribution in [0.15, 0.2) is 121 Å². The summed E-state index contributed by atoms with van der Waals surface area (Å²) >= 11 is 0. The van der Waals surface area contributed by atoms with E-state index in [0.29, 0.717) is 26.2 Å². The second kappa shape index (κ2) is 17.5. The zero-order valence-electron chi connectivity index (χ0n) is 31.3. The van der Waals surface area contributed by atoms with Crippen molar-refractivity contribution in [2.75, 3.05) is 39.3 Å². The highest BCUT2D eigenvalue weighted by molar-refractivity contribution is 5.99. The van der Waals surface area contributed by atoms with E-state index in [1.807, 2.05) is 78.9 Å². The van der Waals surface area contributed by atoms with Gasteiger partial charge >= 0.3 is 12.3 Å². The minimum Gasteiger partial charge on any atom is -0.447 e. The molecule has 0 aromatic heterocycles. The highest BCUT2D eigenvalue weighted by atomic mass is 19.4. The highest BCUT2D eigenvalue weighted by Gasteiger charge is 2.58. The number of piperazine rings is 1. The molecule has 0 unspecified atom stereocenters. The predicted molar refractivity (Wildman–Crippen MR) is 207 cm³/mol. The number of halogens is 3. The molecular weight excluding hydrogens is 736 g/mol. The monoisotopic (exact) mass is 779 g/mol. The van der Waals surface area contributed by atoms with Gasteiger partial charge < -0.3 is 19.9 Å². The summed E-state index contributed by atoms with van der Waals surface area (Å²) in [6.45, 7) is 2.72. The Morgan fingerprint density at radius 3 is 2.16 bits per heavy atom. The maximum Gasteiger partial charge on any atom is 0.416 e. The lowest BCUT2D eigenvalue weighted by atomic mass is 9.87. The summed E-state index contributed by atoms with van der Waals surface area (Å²) in [6.07, 6.45) is -1.20. The quantitative estimate of drug-likeness (QED) is 0.168. The number of benzene rings is 4. The van der Waals surface area contributed by atoms with Gasteiger partial charge in [-0.1, -0.05) is 115 Å². The number of rotatable bonds is 13. The van der Waals surface area contributed by atoms with Crippen LogP contribution in [-0.2, 0) is 38.3 Å². The number of β-lactam (4-membered cyclic amide) rings is 1. The van der Waals surface area contributed by atoms with Crippen molar-refractivity contribution >= 4 is 29.9 Å². The average Bonchev–Trinajstić information content (AvgIpc) is 3.61. The number of cyclic esters (lactones) is 1. The molecule has 0 spiro atoms. The standard InChI is InChI=1S/C44H44F3N5O5/c45-44(46,47)35-18-10-15-33(27-35)29-48-41(54)37(28-39(53)50-25-23-49(24-26-50)22-21-32-13-6-2-7-14-32)51-36(20-19-31-11-4-1-5-12-31)40(42(51)55)52-38(30-57-43(52)56)34-16-8-3-9-17-34/h1-20,27,36-38,40H,21-26,28-30H2,(H,48,54)/b20-19+/t36-,37+,38+,40+/m1/s1. The number of ether oxygens (including phenoxy) is 1. The van der Waals surface area contributed by atoms with Crippen LogP contribution in [0.25, 0.3) is 6.08 Å². The molecule has 4 aromatic carbocycles. The van der Waals surface area contributed by atoms with Gasteiger partial charge in [0.2, 0.25) is 17.7 Å². The Morgan fingerprint density at radius 1 is 0.825 bits per heavy atom. The maximum atomic E-state index is 14.5. The first-order chi connectivity index (χ1) is 27.6. The topological polar surface area (TPSA) is 103 Å². The Hall–Kier alpha value is -5.95. The van der Waals surface area contributed by atoms with Gasteiger partial charge in [0.1, 0.15) is 18.7 Å². The van der Waals surface area contributed by atoms with Crippen LogP contribution in [0.4, 0.5) is 18.0 Å². The fourth-order valence-corrected chi connectivity index (χ4v) is 7.73. The molecule has 296 valence electrons. The van der Waals surface area contributed by atoms with E-state index in [-0.39, 0.29) is 31.0 Å². The van der Waals surface area contributed by atoms with Crippen molar-refractivity contribution < 1.29 is 37.1 Å². The number of nitrogens with one attached hydrogen (secondary N) is 1. The van der Waals surface area contributed by atoms with Crippen LogP contribution in [-0.4, -0.2) is 101 Å². The summed E-state index contributed by atoms with van der Waals surface area (Å²) in [6, 6.07) is 29.5. The summed E-state index contributed by atoms with van der Waals surface area (Å²) in [4.78, 5) is 62.8. The predicted octanol–water partition coefficient (Wildman–Crippen LogP) is 5.95. The summed E-state index contributed by atoms with van der Waals surface area (Å²) in [5, 5.41) is 2.71. The van der Waals surface area contributed by atoms with Crippen LogP contribution in [0.3, 0.4) is 0 Å². The van der Waals surface area contributed by atoms with Crippen molar-refractivity contribution in [3.05, 3.63) is 149 Å². The third kappa shape index (κ3) is 9.20. The summed E-state index contributed by atoms with van der Waals surface area (Å²) in [5.74, 6) is -1.58. The van der Waals surface area contributed by atoms with Gasteiger partial charge in [0.05, 0.1) is 24.1 Å². The minimum atomic E-state index is -4.58. The van der Waals surface area contributed by atoms with Gasteiger partial charge in [-0.3, -0.25) is 24.2 Å². The molecule has 3 heterocycles. The van der Waals surface area contributed by atoms with Crippen LogP contribution in [0, 0.1) is 0 Å². The smallest absolute Gasteiger partial charge is 0.416 e. The molecule has 0 saturated carbocycles. The van der Waals surface area contributed by atoms with Crippen LogP contribution in [0.1, 0.15) is 40.3 Å². The van der Waals surface area contributed by atoms with E-state index in [1.165, 1.54) is 27.5 Å². The van der Waals surface area contributed by atoms with Crippen molar-refractivity contribution in [3.8, 4) is 0 Å². The lowest BCUT2D eigenvalue weighted by Gasteiger charge is -2.52. The molecule has 4 aromatic rings. The molecule has 1 N–H and O–H groups in total. The zero-order chi connectivity index (χ0) is 39.9. The van der Waals surface area contributed by atoms with Crippen LogP contribution in [0.2, 0.25) is 0 Å². The third-order valence-electron chi connectivity index (χ3n) is 10.8. The molecule has 13 heteroatoms. The van der Waals surface area contributed by atoms with Gasteiger partial charge in [0.25, 0.3) is 0 Å². The van der Waals surface area contributed by atoms with Crippen molar-refractivity contribution in [2.24, 2.45) is 0 Å². The van der Waals surface area contributed by atoms with Crippen LogP contribution >= 0.6 is 0 Å². The molecular formula is C44H44F3N5O5. The molecule has 0 radical (unpaired) electrons. The van der Waals surface area contributed by atoms with Gasteiger partial charge in [-0.25, -0.2) is 4.79 Å². The second-order valence-electron chi connectivity index (χ2n) is 14.5. The van der Waals surface area contributed by atoms with E-state index in [4.69, 9.17) is 4.74 Å². The van der Waals surface area contributed by atoms with E-state index in [2.05, 4.69) is 22.3 Å². The first-order valence-electron chi connectivity index (χ1n) is 19.1. The van der Waals surface area contributed by atoms with Gasteiger partial charge in [-0.05, 0) is 40.8 Å². The van der Waals surface area contributed by atoms with Crippen LogP contribution in [0.5, 0.6) is 0 Å². The Morgan fingerprint density at radius 2 is 1.47 bits per heavy atom. The molecule has 7 rings (SSSR count). The number of carbonyl (C=O) groups excluding carboxylic acids is 4. The molecule has 0 bridgehead atoms. The fraction of sp³-hybridized carbons (Fsp3) is 0.318. The first-order valence-corrected chi connectivity index (χ1v) is 19.1. The molecule has 3 aliphatic rings. The van der Waals surface area contributed by atoms with Gasteiger partial charge in [-0.2, -0.15) is 13.2 Å². The number of hydrogen-bond acceptors (Lipinski definition) is 6. The van der Waals surface area contributed by atoms with Gasteiger partial charge in [0, 0.05) is 39.3 Å². The normalized spacial score (nSPS) is 20.7. The Kier molecular flexibility index (Phi) is 12.0. The highest BCUT2D eigenvalue weighted by Crippen LogP contribution is 2.39. The fourth-order valence-electron chi connectivity index (χ4n) is 7.73. The first kappa shape index (κ1) is 39.3. The van der Waals surface area contributed by atoms with Crippen molar-refractivity contribution in [3.63, 3.8) is 0 Å². The molecule has 4 atom stereocenters. The largest absolute Gasteiger partial charge is 0.447 e. The van der Waals surface area contributed by atoms with E-state index < -0.39 is 53.8 Å². The zero-order valence-corrected chi connectivity index (χ0v) is 31.3. The van der Waals surface area contributed by atoms with Crippen molar-refractivity contribution in [2.45, 2.75) is 49.7 Å². The molecule has 57 heavy (non-hydrogen) atoms. The number of carbonyl (C=O) groups is 4. The molecule has 3 aliphatic heterocycles. The van der Waals surface area contributed by atoms with Crippen molar-refractivity contribution in [1.82, 2.24) is 24.9 Å². The van der Waals surface area contributed by atoms with E-state index in [9.17, 15) is 32.3 Å². The van der Waals surface area contributed by atoms with Crippen LogP contribution < -0.4 is 5.32 Å². The Labute approximate surface area is 329 Å². The Bertz CT molecular complexity index is 2060. The molecule has 10 nitrogen and oxygen atoms in total. The summed E-state index contributed by atoms with van der Waals surface area (Å²) < 4.78 is 46.0. The number of likely N-dealkylation sites (tertiary alicyclic amines) is 1. The Balaban J connectivity index is 1.14.